The van der Waals surface area contributed by atoms with Crippen LogP contribution in [0.15, 0.2) is 33.2 Å². The molecule has 21 heavy (non-hydrogen) atoms. The van der Waals surface area contributed by atoms with Crippen LogP contribution in [-0.4, -0.2) is 31.3 Å². The van der Waals surface area contributed by atoms with E-state index >= 15 is 0 Å². The molecular weight excluding hydrogens is 348 g/mol. The van der Waals surface area contributed by atoms with E-state index < -0.39 is 0 Å². The van der Waals surface area contributed by atoms with Gasteiger partial charge in [-0.05, 0) is 50.1 Å². The Morgan fingerprint density at radius 2 is 2.19 bits per heavy atom. The maximum absolute atomic E-state index is 11.9. The van der Waals surface area contributed by atoms with Crippen LogP contribution in [0.2, 0.25) is 0 Å². The van der Waals surface area contributed by atoms with Gasteiger partial charge in [0.1, 0.15) is 0 Å². The Bertz CT molecular complexity index is 557. The van der Waals surface area contributed by atoms with Crippen LogP contribution < -0.4 is 10.6 Å². The first kappa shape index (κ1) is 16.6. The number of aryl methyl sites for hydroxylation is 2. The summed E-state index contributed by atoms with van der Waals surface area (Å²) in [6.45, 7) is 6.74. The van der Waals surface area contributed by atoms with E-state index in [2.05, 4.69) is 58.6 Å². The maximum atomic E-state index is 11.9. The topological polar surface area (TPSA) is 41.1 Å². The third-order valence-corrected chi connectivity index (χ3v) is 5.50. The van der Waals surface area contributed by atoms with E-state index in [-0.39, 0.29) is 5.91 Å². The molecule has 1 aromatic rings. The van der Waals surface area contributed by atoms with Gasteiger partial charge in [0, 0.05) is 22.5 Å². The molecule has 1 heterocycles. The molecule has 1 aromatic carbocycles. The smallest absolute Gasteiger partial charge is 0.230 e. The lowest BCUT2D eigenvalue weighted by Crippen LogP contribution is -2.30. The lowest BCUT2D eigenvalue weighted by molar-refractivity contribution is -0.118. The van der Waals surface area contributed by atoms with Gasteiger partial charge in [-0.25, -0.2) is 0 Å². The lowest BCUT2D eigenvalue weighted by Gasteiger charge is -2.14. The zero-order valence-corrected chi connectivity index (χ0v) is 14.9. The Balaban J connectivity index is 1.81. The Labute approximate surface area is 139 Å². The molecule has 5 heteroatoms. The quantitative estimate of drug-likeness (QED) is 0.619. The number of thioether (sulfide) groups is 1. The molecule has 0 bridgehead atoms. The molecule has 0 unspecified atom stereocenters. The highest BCUT2D eigenvalue weighted by molar-refractivity contribution is 9.10. The standard InChI is InChI=1S/C16H21BrN2OS/c1-11-8-15(12(2)7-14(11)17)21-10-16(20)19-9-13-3-5-18-6-4-13/h3,7-8,18H,4-6,9-10H2,1-2H3,(H,19,20). The first-order valence-electron chi connectivity index (χ1n) is 7.11. The number of benzene rings is 1. The summed E-state index contributed by atoms with van der Waals surface area (Å²) >= 11 is 5.13. The number of carbonyl (C=O) groups excluding carboxylic acids is 1. The van der Waals surface area contributed by atoms with Crippen molar-refractivity contribution in [3.8, 4) is 0 Å². The minimum atomic E-state index is 0.0967. The van der Waals surface area contributed by atoms with Crippen molar-refractivity contribution in [1.82, 2.24) is 10.6 Å². The second-order valence-corrected chi connectivity index (χ2v) is 7.12. The third-order valence-electron chi connectivity index (χ3n) is 3.49. The van der Waals surface area contributed by atoms with Gasteiger partial charge < -0.3 is 10.6 Å². The molecule has 0 aliphatic carbocycles. The van der Waals surface area contributed by atoms with Crippen molar-refractivity contribution in [3.05, 3.63) is 39.4 Å². The second kappa shape index (κ2) is 8.01. The van der Waals surface area contributed by atoms with Crippen molar-refractivity contribution in [1.29, 1.82) is 0 Å². The van der Waals surface area contributed by atoms with E-state index in [0.29, 0.717) is 12.3 Å². The van der Waals surface area contributed by atoms with Crippen LogP contribution in [0, 0.1) is 13.8 Å². The number of hydrogen-bond acceptors (Lipinski definition) is 3. The van der Waals surface area contributed by atoms with Crippen molar-refractivity contribution in [3.63, 3.8) is 0 Å². The Morgan fingerprint density at radius 3 is 2.90 bits per heavy atom. The van der Waals surface area contributed by atoms with Gasteiger partial charge in [0.2, 0.25) is 5.91 Å². The summed E-state index contributed by atoms with van der Waals surface area (Å²) < 4.78 is 1.12. The van der Waals surface area contributed by atoms with E-state index in [1.54, 1.807) is 11.8 Å². The molecule has 2 N–H and O–H groups in total. The zero-order valence-electron chi connectivity index (χ0n) is 12.5. The summed E-state index contributed by atoms with van der Waals surface area (Å²) in [5.41, 5.74) is 3.72. The molecular formula is C16H21BrN2OS. The maximum Gasteiger partial charge on any atom is 0.230 e. The fourth-order valence-electron chi connectivity index (χ4n) is 2.15. The SMILES string of the molecule is Cc1cc(SCC(=O)NCC2=CCNCC2)c(C)cc1Br. The van der Waals surface area contributed by atoms with Crippen molar-refractivity contribution in [2.45, 2.75) is 25.2 Å². The summed E-state index contributed by atoms with van der Waals surface area (Å²) in [6, 6.07) is 4.24. The number of rotatable bonds is 5. The first-order chi connectivity index (χ1) is 10.1. The molecule has 0 atom stereocenters. The molecule has 0 spiro atoms. The molecule has 0 aromatic heterocycles. The number of halogens is 1. The molecule has 1 aliphatic rings. The van der Waals surface area contributed by atoms with Crippen molar-refractivity contribution >= 4 is 33.6 Å². The van der Waals surface area contributed by atoms with E-state index in [4.69, 9.17) is 0 Å². The van der Waals surface area contributed by atoms with Crippen LogP contribution in [0.25, 0.3) is 0 Å². The van der Waals surface area contributed by atoms with Crippen molar-refractivity contribution in [2.75, 3.05) is 25.4 Å². The van der Waals surface area contributed by atoms with Gasteiger partial charge >= 0.3 is 0 Å². The minimum absolute atomic E-state index is 0.0967. The van der Waals surface area contributed by atoms with Gasteiger partial charge in [0.05, 0.1) is 5.75 Å². The Morgan fingerprint density at radius 1 is 1.38 bits per heavy atom. The summed E-state index contributed by atoms with van der Waals surface area (Å²) in [7, 11) is 0. The highest BCUT2D eigenvalue weighted by Gasteiger charge is 2.08. The lowest BCUT2D eigenvalue weighted by atomic mass is 10.1. The average Bonchev–Trinajstić information content (AvgIpc) is 2.48. The van der Waals surface area contributed by atoms with Crippen LogP contribution in [-0.2, 0) is 4.79 Å². The van der Waals surface area contributed by atoms with Gasteiger partial charge in [0.15, 0.2) is 0 Å². The van der Waals surface area contributed by atoms with Crippen LogP contribution >= 0.6 is 27.7 Å². The van der Waals surface area contributed by atoms with Gasteiger partial charge in [0.25, 0.3) is 0 Å². The molecule has 0 saturated carbocycles. The number of hydrogen-bond donors (Lipinski definition) is 2. The molecule has 0 radical (unpaired) electrons. The highest BCUT2D eigenvalue weighted by atomic mass is 79.9. The molecule has 3 nitrogen and oxygen atoms in total. The van der Waals surface area contributed by atoms with E-state index in [1.165, 1.54) is 21.6 Å². The Hall–Kier alpha value is -0.780. The van der Waals surface area contributed by atoms with Crippen LogP contribution in [0.4, 0.5) is 0 Å². The molecule has 0 fully saturated rings. The van der Waals surface area contributed by atoms with Crippen molar-refractivity contribution < 1.29 is 4.79 Å². The van der Waals surface area contributed by atoms with Crippen molar-refractivity contribution in [2.24, 2.45) is 0 Å². The van der Waals surface area contributed by atoms with Gasteiger partial charge in [-0.2, -0.15) is 0 Å². The van der Waals surface area contributed by atoms with Gasteiger partial charge in [-0.15, -0.1) is 11.8 Å². The zero-order chi connectivity index (χ0) is 15.2. The third kappa shape index (κ3) is 5.16. The molecule has 2 rings (SSSR count). The second-order valence-electron chi connectivity index (χ2n) is 5.25. The number of amides is 1. The van der Waals surface area contributed by atoms with E-state index in [1.807, 2.05) is 0 Å². The molecule has 1 aliphatic heterocycles. The fraction of sp³-hybridized carbons (Fsp3) is 0.438. The van der Waals surface area contributed by atoms with Crippen LogP contribution in [0.1, 0.15) is 17.5 Å². The largest absolute Gasteiger partial charge is 0.352 e. The summed E-state index contributed by atoms with van der Waals surface area (Å²) in [5.74, 6) is 0.562. The van der Waals surface area contributed by atoms with Gasteiger partial charge in [-0.3, -0.25) is 4.79 Å². The van der Waals surface area contributed by atoms with Crippen LogP contribution in [0.3, 0.4) is 0 Å². The number of nitrogens with one attached hydrogen (secondary N) is 2. The first-order valence-corrected chi connectivity index (χ1v) is 8.89. The number of carbonyl (C=O) groups is 1. The average molecular weight is 369 g/mol. The summed E-state index contributed by atoms with van der Waals surface area (Å²) in [4.78, 5) is 13.1. The molecule has 114 valence electrons. The van der Waals surface area contributed by atoms with E-state index in [0.717, 1.165) is 24.0 Å². The molecule has 1 amide bonds. The Kier molecular flexibility index (Phi) is 6.33. The monoisotopic (exact) mass is 368 g/mol. The normalized spacial score (nSPS) is 14.7. The van der Waals surface area contributed by atoms with Gasteiger partial charge in [-0.1, -0.05) is 27.6 Å². The summed E-state index contributed by atoms with van der Waals surface area (Å²) in [5, 5.41) is 6.27. The molecule has 0 saturated heterocycles. The predicted octanol–water partition coefficient (Wildman–Crippen LogP) is 3.19. The van der Waals surface area contributed by atoms with E-state index in [9.17, 15) is 4.79 Å². The minimum Gasteiger partial charge on any atom is -0.352 e. The predicted molar refractivity (Wildman–Crippen MR) is 92.9 cm³/mol. The fourth-order valence-corrected chi connectivity index (χ4v) is 3.54. The highest BCUT2D eigenvalue weighted by Crippen LogP contribution is 2.28. The van der Waals surface area contributed by atoms with Crippen LogP contribution in [0.5, 0.6) is 0 Å². The summed E-state index contributed by atoms with van der Waals surface area (Å²) in [6.07, 6.45) is 3.19.